The molecule has 4 nitrogen and oxygen atoms in total. The summed E-state index contributed by atoms with van der Waals surface area (Å²) in [6.45, 7) is 2.07. The van der Waals surface area contributed by atoms with Gasteiger partial charge in [0.05, 0.1) is 6.61 Å². The lowest BCUT2D eigenvalue weighted by Crippen LogP contribution is -2.29. The molecule has 1 saturated heterocycles. The van der Waals surface area contributed by atoms with E-state index in [4.69, 9.17) is 9.84 Å². The van der Waals surface area contributed by atoms with Gasteiger partial charge < -0.3 is 14.7 Å². The Morgan fingerprint density at radius 1 is 1.56 bits per heavy atom. The van der Waals surface area contributed by atoms with Crippen LogP contribution in [0.3, 0.4) is 0 Å². The second-order valence-corrected chi connectivity index (χ2v) is 4.72. The first-order chi connectivity index (χ1) is 8.74. The van der Waals surface area contributed by atoms with E-state index in [-0.39, 0.29) is 18.4 Å². The van der Waals surface area contributed by atoms with Gasteiger partial charge in [0.25, 0.3) is 5.91 Å². The molecule has 0 saturated carbocycles. The molecule has 1 atom stereocenters. The zero-order valence-electron chi connectivity index (χ0n) is 10.6. The highest BCUT2D eigenvalue weighted by Crippen LogP contribution is 2.18. The molecule has 4 heteroatoms. The van der Waals surface area contributed by atoms with Gasteiger partial charge in [0.15, 0.2) is 0 Å². The minimum absolute atomic E-state index is 0.0453. The normalized spacial score (nSPS) is 19.2. The molecule has 0 aromatic heterocycles. The van der Waals surface area contributed by atoms with Crippen LogP contribution in [0.1, 0.15) is 22.3 Å². The summed E-state index contributed by atoms with van der Waals surface area (Å²) >= 11 is 0. The van der Waals surface area contributed by atoms with Crippen LogP contribution < -0.4 is 0 Å². The number of amides is 1. The van der Waals surface area contributed by atoms with Gasteiger partial charge in [-0.25, -0.2) is 0 Å². The lowest BCUT2D eigenvalue weighted by atomic mass is 10.1. The van der Waals surface area contributed by atoms with Gasteiger partial charge in [0.1, 0.15) is 0 Å². The highest BCUT2D eigenvalue weighted by atomic mass is 16.5. The van der Waals surface area contributed by atoms with Gasteiger partial charge in [-0.2, -0.15) is 0 Å². The van der Waals surface area contributed by atoms with E-state index in [2.05, 4.69) is 0 Å². The van der Waals surface area contributed by atoms with Crippen LogP contribution in [0.25, 0.3) is 0 Å². The molecular formula is C14H19NO3. The van der Waals surface area contributed by atoms with Crippen molar-refractivity contribution in [1.82, 2.24) is 4.90 Å². The van der Waals surface area contributed by atoms with Crippen LogP contribution in [0, 0.1) is 5.92 Å². The lowest BCUT2D eigenvalue weighted by Gasteiger charge is -2.16. The van der Waals surface area contributed by atoms with Crippen LogP contribution in [-0.4, -0.2) is 42.7 Å². The minimum Gasteiger partial charge on any atom is -0.396 e. The Balaban J connectivity index is 2.07. The molecule has 0 bridgehead atoms. The van der Waals surface area contributed by atoms with Crippen molar-refractivity contribution >= 4 is 5.91 Å². The predicted molar refractivity (Wildman–Crippen MR) is 68.3 cm³/mol. The van der Waals surface area contributed by atoms with Gasteiger partial charge in [-0.1, -0.05) is 12.1 Å². The Hall–Kier alpha value is -1.39. The van der Waals surface area contributed by atoms with Crippen molar-refractivity contribution in [3.05, 3.63) is 35.4 Å². The number of nitrogens with zero attached hydrogens (tertiary/aromatic N) is 1. The van der Waals surface area contributed by atoms with Crippen LogP contribution >= 0.6 is 0 Å². The van der Waals surface area contributed by atoms with Crippen LogP contribution in [0.2, 0.25) is 0 Å². The van der Waals surface area contributed by atoms with Crippen molar-refractivity contribution < 1.29 is 14.6 Å². The van der Waals surface area contributed by atoms with Crippen LogP contribution in [0.15, 0.2) is 24.3 Å². The van der Waals surface area contributed by atoms with Gasteiger partial charge >= 0.3 is 0 Å². The highest BCUT2D eigenvalue weighted by molar-refractivity contribution is 5.94. The third-order valence-electron chi connectivity index (χ3n) is 3.32. The number of carbonyl (C=O) groups excluding carboxylic acids is 1. The van der Waals surface area contributed by atoms with Crippen LogP contribution in [0.5, 0.6) is 0 Å². The molecule has 1 amide bonds. The van der Waals surface area contributed by atoms with Gasteiger partial charge in [-0.05, 0) is 24.1 Å². The van der Waals surface area contributed by atoms with E-state index in [0.29, 0.717) is 18.7 Å². The number of aliphatic hydroxyl groups excluding tert-OH is 1. The quantitative estimate of drug-likeness (QED) is 0.874. The van der Waals surface area contributed by atoms with Gasteiger partial charge in [-0.15, -0.1) is 0 Å². The van der Waals surface area contributed by atoms with Crippen molar-refractivity contribution in [2.24, 2.45) is 5.92 Å². The van der Waals surface area contributed by atoms with Crippen LogP contribution in [-0.2, 0) is 11.3 Å². The van der Waals surface area contributed by atoms with Gasteiger partial charge in [0, 0.05) is 38.3 Å². The molecule has 1 aliphatic heterocycles. The van der Waals surface area contributed by atoms with Crippen molar-refractivity contribution in [2.75, 3.05) is 26.8 Å². The Bertz CT molecular complexity index is 419. The number of methoxy groups -OCH3 is 1. The molecule has 1 N–H and O–H groups in total. The Morgan fingerprint density at radius 2 is 2.39 bits per heavy atom. The molecule has 98 valence electrons. The third kappa shape index (κ3) is 2.89. The van der Waals surface area contributed by atoms with Crippen molar-refractivity contribution in [2.45, 2.75) is 13.0 Å². The van der Waals surface area contributed by atoms with E-state index in [9.17, 15) is 4.79 Å². The predicted octanol–water partition coefficient (Wildman–Crippen LogP) is 1.29. The molecule has 1 aromatic rings. The smallest absolute Gasteiger partial charge is 0.253 e. The summed E-state index contributed by atoms with van der Waals surface area (Å²) in [5.74, 6) is 0.278. The fourth-order valence-electron chi connectivity index (χ4n) is 2.31. The van der Waals surface area contributed by atoms with E-state index in [1.807, 2.05) is 29.2 Å². The van der Waals surface area contributed by atoms with Gasteiger partial charge in [-0.3, -0.25) is 4.79 Å². The Labute approximate surface area is 107 Å². The molecule has 2 rings (SSSR count). The number of hydrogen-bond donors (Lipinski definition) is 1. The lowest BCUT2D eigenvalue weighted by molar-refractivity contribution is 0.0781. The number of carbonyl (C=O) groups is 1. The Kier molecular flexibility index (Phi) is 4.33. The zero-order valence-corrected chi connectivity index (χ0v) is 10.6. The first-order valence-electron chi connectivity index (χ1n) is 6.22. The third-order valence-corrected chi connectivity index (χ3v) is 3.32. The van der Waals surface area contributed by atoms with E-state index < -0.39 is 0 Å². The Morgan fingerprint density at radius 3 is 3.06 bits per heavy atom. The largest absolute Gasteiger partial charge is 0.396 e. The monoisotopic (exact) mass is 249 g/mol. The maximum atomic E-state index is 12.3. The van der Waals surface area contributed by atoms with Crippen LogP contribution in [0.4, 0.5) is 0 Å². The summed E-state index contributed by atoms with van der Waals surface area (Å²) in [4.78, 5) is 14.1. The number of aliphatic hydroxyl groups is 1. The van der Waals surface area contributed by atoms with E-state index in [0.717, 1.165) is 18.5 Å². The van der Waals surface area contributed by atoms with Crippen molar-refractivity contribution in [1.29, 1.82) is 0 Å². The second-order valence-electron chi connectivity index (χ2n) is 4.72. The second kappa shape index (κ2) is 5.98. The number of rotatable bonds is 4. The zero-order chi connectivity index (χ0) is 13.0. The fourth-order valence-corrected chi connectivity index (χ4v) is 2.31. The minimum atomic E-state index is 0.0453. The first kappa shape index (κ1) is 13.1. The number of ether oxygens (including phenoxy) is 1. The SMILES string of the molecule is COCc1cccc(C(=O)N2CCC(CO)C2)c1. The molecular weight excluding hydrogens is 230 g/mol. The first-order valence-corrected chi connectivity index (χ1v) is 6.22. The van der Waals surface area contributed by atoms with E-state index in [1.54, 1.807) is 7.11 Å². The van der Waals surface area contributed by atoms with Crippen molar-refractivity contribution in [3.63, 3.8) is 0 Å². The average molecular weight is 249 g/mol. The molecule has 18 heavy (non-hydrogen) atoms. The summed E-state index contributed by atoms with van der Waals surface area (Å²) < 4.78 is 5.06. The molecule has 1 fully saturated rings. The van der Waals surface area contributed by atoms with Crippen molar-refractivity contribution in [3.8, 4) is 0 Å². The summed E-state index contributed by atoms with van der Waals surface area (Å²) in [6, 6.07) is 7.52. The molecule has 0 aliphatic carbocycles. The summed E-state index contributed by atoms with van der Waals surface area (Å²) in [5, 5.41) is 9.10. The summed E-state index contributed by atoms with van der Waals surface area (Å²) in [7, 11) is 1.64. The molecule has 1 aliphatic rings. The summed E-state index contributed by atoms with van der Waals surface area (Å²) in [5.41, 5.74) is 1.70. The van der Waals surface area contributed by atoms with Gasteiger partial charge in [0.2, 0.25) is 0 Å². The summed E-state index contributed by atoms with van der Waals surface area (Å²) in [6.07, 6.45) is 0.889. The van der Waals surface area contributed by atoms with E-state index in [1.165, 1.54) is 0 Å². The highest BCUT2D eigenvalue weighted by Gasteiger charge is 2.26. The molecule has 1 aromatic carbocycles. The number of benzene rings is 1. The maximum absolute atomic E-state index is 12.3. The fraction of sp³-hybridized carbons (Fsp3) is 0.500. The topological polar surface area (TPSA) is 49.8 Å². The molecule has 0 radical (unpaired) electrons. The molecule has 1 unspecified atom stereocenters. The molecule has 0 spiro atoms. The maximum Gasteiger partial charge on any atom is 0.253 e. The van der Waals surface area contributed by atoms with E-state index >= 15 is 0 Å². The molecule has 1 heterocycles. The number of hydrogen-bond acceptors (Lipinski definition) is 3. The standard InChI is InChI=1S/C14H19NO3/c1-18-10-11-3-2-4-13(7-11)14(17)15-6-5-12(8-15)9-16/h2-4,7,12,16H,5-6,8-10H2,1H3. The average Bonchev–Trinajstić information content (AvgIpc) is 2.87. The number of likely N-dealkylation sites (tertiary alicyclic amines) is 1.